The summed E-state index contributed by atoms with van der Waals surface area (Å²) in [4.78, 5) is 14.1. The molecule has 1 spiro atoms. The summed E-state index contributed by atoms with van der Waals surface area (Å²) in [6.45, 7) is 1.74. The van der Waals surface area contributed by atoms with Gasteiger partial charge in [-0.15, -0.1) is 0 Å². The van der Waals surface area contributed by atoms with Crippen molar-refractivity contribution in [1.82, 2.24) is 4.90 Å². The fourth-order valence-corrected chi connectivity index (χ4v) is 3.28. The maximum absolute atomic E-state index is 13.2. The Balaban J connectivity index is 1.67. The Bertz CT molecular complexity index is 526. The van der Waals surface area contributed by atoms with E-state index in [1.807, 2.05) is 0 Å². The third-order valence-corrected chi connectivity index (χ3v) is 4.59. The summed E-state index contributed by atoms with van der Waals surface area (Å²) < 4.78 is 19.0. The van der Waals surface area contributed by atoms with Crippen molar-refractivity contribution in [3.05, 3.63) is 35.6 Å². The van der Waals surface area contributed by atoms with Crippen LogP contribution in [0.1, 0.15) is 36.0 Å². The minimum atomic E-state index is -0.489. The van der Waals surface area contributed by atoms with Crippen molar-refractivity contribution in [2.24, 2.45) is 0 Å². The minimum Gasteiger partial charge on any atom is -0.390 e. The summed E-state index contributed by atoms with van der Waals surface area (Å²) >= 11 is 0. The summed E-state index contributed by atoms with van der Waals surface area (Å²) in [5, 5.41) is 10.2. The van der Waals surface area contributed by atoms with E-state index >= 15 is 0 Å². The summed E-state index contributed by atoms with van der Waals surface area (Å²) in [6, 6.07) is 5.76. The average molecular weight is 293 g/mol. The molecule has 5 heteroatoms. The number of carbonyl (C=O) groups excluding carboxylic acids is 1. The van der Waals surface area contributed by atoms with Crippen LogP contribution in [-0.2, 0) is 4.74 Å². The fraction of sp³-hybridized carbons (Fsp3) is 0.562. The molecule has 1 aromatic rings. The zero-order valence-corrected chi connectivity index (χ0v) is 11.9. The van der Waals surface area contributed by atoms with Gasteiger partial charge in [-0.3, -0.25) is 4.79 Å². The molecule has 0 bridgehead atoms. The second kappa shape index (κ2) is 5.73. The van der Waals surface area contributed by atoms with Gasteiger partial charge in [0.05, 0.1) is 11.7 Å². The van der Waals surface area contributed by atoms with Crippen molar-refractivity contribution in [2.45, 2.75) is 37.4 Å². The molecule has 114 valence electrons. The molecule has 0 saturated carbocycles. The summed E-state index contributed by atoms with van der Waals surface area (Å²) in [7, 11) is 0. The number of hydrogen-bond acceptors (Lipinski definition) is 3. The van der Waals surface area contributed by atoms with Crippen LogP contribution in [0.15, 0.2) is 24.3 Å². The predicted octanol–water partition coefficient (Wildman–Crippen LogP) is 1.97. The molecule has 2 saturated heterocycles. The van der Waals surface area contributed by atoms with E-state index in [-0.39, 0.29) is 5.91 Å². The first-order valence-corrected chi connectivity index (χ1v) is 7.48. The van der Waals surface area contributed by atoms with Gasteiger partial charge in [0.1, 0.15) is 5.82 Å². The minimum absolute atomic E-state index is 0.158. The zero-order chi connectivity index (χ0) is 14.9. The van der Waals surface area contributed by atoms with Crippen molar-refractivity contribution in [3.8, 4) is 0 Å². The van der Waals surface area contributed by atoms with Crippen molar-refractivity contribution in [1.29, 1.82) is 0 Å². The van der Waals surface area contributed by atoms with Crippen LogP contribution in [0.2, 0.25) is 0 Å². The van der Waals surface area contributed by atoms with Gasteiger partial charge in [0.15, 0.2) is 0 Å². The number of halogens is 1. The number of aliphatic hydroxyl groups excluding tert-OH is 1. The lowest BCUT2D eigenvalue weighted by molar-refractivity contribution is -0.174. The highest BCUT2D eigenvalue weighted by Crippen LogP contribution is 2.35. The van der Waals surface area contributed by atoms with Gasteiger partial charge in [-0.05, 0) is 43.9 Å². The van der Waals surface area contributed by atoms with Gasteiger partial charge in [0.25, 0.3) is 5.91 Å². The summed E-state index contributed by atoms with van der Waals surface area (Å²) in [5.74, 6) is -0.560. The Morgan fingerprint density at radius 1 is 1.38 bits per heavy atom. The second-order valence-electron chi connectivity index (χ2n) is 5.87. The smallest absolute Gasteiger partial charge is 0.253 e. The second-order valence-corrected chi connectivity index (χ2v) is 5.87. The van der Waals surface area contributed by atoms with Crippen molar-refractivity contribution < 1.29 is 19.0 Å². The lowest BCUT2D eigenvalue weighted by atomic mass is 9.82. The Hall–Kier alpha value is -1.46. The van der Waals surface area contributed by atoms with Crippen LogP contribution in [0.5, 0.6) is 0 Å². The third-order valence-electron chi connectivity index (χ3n) is 4.59. The van der Waals surface area contributed by atoms with Crippen molar-refractivity contribution in [2.75, 3.05) is 19.7 Å². The molecule has 2 aliphatic heterocycles. The van der Waals surface area contributed by atoms with Gasteiger partial charge >= 0.3 is 0 Å². The molecular formula is C16H20FNO3. The standard InChI is InChI=1S/C16H20FNO3/c17-13-4-1-3-12(11-13)15(20)18-8-6-16(7-9-18)14(19)5-2-10-21-16/h1,3-4,11,14,19H,2,5-10H2/t14-/m0/s1. The number of likely N-dealkylation sites (tertiary alicyclic amines) is 1. The van der Waals surface area contributed by atoms with Gasteiger partial charge in [0, 0.05) is 25.3 Å². The molecule has 21 heavy (non-hydrogen) atoms. The highest BCUT2D eigenvalue weighted by molar-refractivity contribution is 5.94. The number of ether oxygens (including phenoxy) is 1. The largest absolute Gasteiger partial charge is 0.390 e. The Labute approximate surface area is 123 Å². The number of nitrogens with zero attached hydrogens (tertiary/aromatic N) is 1. The molecule has 0 radical (unpaired) electrons. The zero-order valence-electron chi connectivity index (χ0n) is 11.9. The number of rotatable bonds is 1. The normalized spacial score (nSPS) is 25.0. The Morgan fingerprint density at radius 2 is 2.14 bits per heavy atom. The Kier molecular flexibility index (Phi) is 3.95. The number of piperidine rings is 1. The molecule has 4 nitrogen and oxygen atoms in total. The topological polar surface area (TPSA) is 49.8 Å². The fourth-order valence-electron chi connectivity index (χ4n) is 3.28. The van der Waals surface area contributed by atoms with Crippen LogP contribution in [0.4, 0.5) is 4.39 Å². The molecule has 0 aliphatic carbocycles. The molecule has 1 N–H and O–H groups in total. The number of amides is 1. The lowest BCUT2D eigenvalue weighted by Gasteiger charge is -2.46. The van der Waals surface area contributed by atoms with Crippen LogP contribution in [0.3, 0.4) is 0 Å². The molecule has 1 aromatic carbocycles. The highest BCUT2D eigenvalue weighted by Gasteiger charge is 2.44. The third kappa shape index (κ3) is 2.80. The van der Waals surface area contributed by atoms with Crippen LogP contribution in [0.25, 0.3) is 0 Å². The van der Waals surface area contributed by atoms with Crippen LogP contribution in [-0.4, -0.2) is 47.3 Å². The molecule has 0 aromatic heterocycles. The van der Waals surface area contributed by atoms with E-state index in [1.54, 1.807) is 17.0 Å². The maximum atomic E-state index is 13.2. The predicted molar refractivity (Wildman–Crippen MR) is 75.5 cm³/mol. The molecule has 2 aliphatic rings. The molecule has 2 fully saturated rings. The molecular weight excluding hydrogens is 273 g/mol. The van der Waals surface area contributed by atoms with Gasteiger partial charge in [-0.1, -0.05) is 6.07 Å². The van der Waals surface area contributed by atoms with E-state index < -0.39 is 17.5 Å². The van der Waals surface area contributed by atoms with E-state index in [4.69, 9.17) is 4.74 Å². The summed E-state index contributed by atoms with van der Waals surface area (Å²) in [6.07, 6.45) is 2.47. The monoisotopic (exact) mass is 293 g/mol. The SMILES string of the molecule is O=C(c1cccc(F)c1)N1CCC2(CC1)OCCC[C@@H]2O. The number of hydrogen-bond donors (Lipinski definition) is 1. The van der Waals surface area contributed by atoms with E-state index in [0.29, 0.717) is 38.1 Å². The van der Waals surface area contributed by atoms with Crippen molar-refractivity contribution in [3.63, 3.8) is 0 Å². The molecule has 3 rings (SSSR count). The average Bonchev–Trinajstić information content (AvgIpc) is 2.50. The first-order valence-electron chi connectivity index (χ1n) is 7.48. The van der Waals surface area contributed by atoms with Gasteiger partial charge in [0.2, 0.25) is 0 Å². The first-order chi connectivity index (χ1) is 10.1. The lowest BCUT2D eigenvalue weighted by Crippen LogP contribution is -2.56. The summed E-state index contributed by atoms with van der Waals surface area (Å²) in [5.41, 5.74) is -0.118. The molecule has 2 heterocycles. The van der Waals surface area contributed by atoms with Crippen LogP contribution < -0.4 is 0 Å². The number of carbonyl (C=O) groups is 1. The van der Waals surface area contributed by atoms with Crippen LogP contribution >= 0.6 is 0 Å². The first kappa shape index (κ1) is 14.5. The quantitative estimate of drug-likeness (QED) is 0.861. The van der Waals surface area contributed by atoms with E-state index in [9.17, 15) is 14.3 Å². The Morgan fingerprint density at radius 3 is 2.81 bits per heavy atom. The van der Waals surface area contributed by atoms with Crippen LogP contribution in [0, 0.1) is 5.82 Å². The van der Waals surface area contributed by atoms with E-state index in [0.717, 1.165) is 12.8 Å². The highest BCUT2D eigenvalue weighted by atomic mass is 19.1. The van der Waals surface area contributed by atoms with Gasteiger partial charge in [-0.2, -0.15) is 0 Å². The molecule has 0 unspecified atom stereocenters. The van der Waals surface area contributed by atoms with Gasteiger partial charge < -0.3 is 14.7 Å². The number of benzene rings is 1. The van der Waals surface area contributed by atoms with Gasteiger partial charge in [-0.25, -0.2) is 4.39 Å². The number of aliphatic hydroxyl groups is 1. The molecule has 1 atom stereocenters. The maximum Gasteiger partial charge on any atom is 0.253 e. The van der Waals surface area contributed by atoms with E-state index in [2.05, 4.69) is 0 Å². The molecule has 1 amide bonds. The van der Waals surface area contributed by atoms with Crippen molar-refractivity contribution >= 4 is 5.91 Å². The van der Waals surface area contributed by atoms with E-state index in [1.165, 1.54) is 12.1 Å².